The summed E-state index contributed by atoms with van der Waals surface area (Å²) in [5.74, 6) is 0.244. The average molecular weight is 495 g/mol. The highest BCUT2D eigenvalue weighted by Crippen LogP contribution is 2.30. The number of aryl methyl sites for hydroxylation is 1. The van der Waals surface area contributed by atoms with Crippen LogP contribution >= 0.6 is 23.4 Å². The zero-order valence-electron chi connectivity index (χ0n) is 19.4. The van der Waals surface area contributed by atoms with Crippen LogP contribution in [0.4, 0.5) is 0 Å². The molecule has 4 rings (SSSR count). The molecule has 0 spiro atoms. The van der Waals surface area contributed by atoms with E-state index in [-0.39, 0.29) is 30.0 Å². The summed E-state index contributed by atoms with van der Waals surface area (Å²) in [6.45, 7) is 4.07. The highest BCUT2D eigenvalue weighted by atomic mass is 35.5. The predicted molar refractivity (Wildman–Crippen MR) is 131 cm³/mol. The number of thioether (sulfide) groups is 1. The third kappa shape index (κ3) is 5.16. The van der Waals surface area contributed by atoms with Gasteiger partial charge in [-0.2, -0.15) is 0 Å². The lowest BCUT2D eigenvalue weighted by atomic mass is 9.95. The van der Waals surface area contributed by atoms with Crippen molar-refractivity contribution in [2.24, 2.45) is 13.0 Å². The van der Waals surface area contributed by atoms with E-state index < -0.39 is 0 Å². The lowest BCUT2D eigenvalue weighted by Crippen LogP contribution is -2.40. The number of allylic oxidation sites excluding steroid dienone is 4. The van der Waals surface area contributed by atoms with E-state index in [1.165, 1.54) is 26.5 Å². The van der Waals surface area contributed by atoms with Gasteiger partial charge in [0.1, 0.15) is 0 Å². The van der Waals surface area contributed by atoms with Gasteiger partial charge in [-0.1, -0.05) is 36.4 Å². The van der Waals surface area contributed by atoms with Crippen LogP contribution in [-0.4, -0.2) is 44.4 Å². The largest absolute Gasteiger partial charge is 0.353 e. The van der Waals surface area contributed by atoms with Crippen molar-refractivity contribution in [2.45, 2.75) is 63.6 Å². The van der Waals surface area contributed by atoms with E-state index >= 15 is 0 Å². The molecule has 2 aliphatic rings. The summed E-state index contributed by atoms with van der Waals surface area (Å²) in [5, 5.41) is 1.55. The molecule has 2 aromatic heterocycles. The fraction of sp³-hybridized carbons (Fsp3) is 0.609. The van der Waals surface area contributed by atoms with Crippen molar-refractivity contribution in [1.82, 2.24) is 18.7 Å². The third-order valence-electron chi connectivity index (χ3n) is 6.23. The van der Waals surface area contributed by atoms with E-state index in [1.807, 2.05) is 23.0 Å². The van der Waals surface area contributed by atoms with Crippen molar-refractivity contribution in [1.29, 1.82) is 0 Å². The Morgan fingerprint density at radius 1 is 1.27 bits per heavy atom. The maximum Gasteiger partial charge on any atom is 0.332 e. The van der Waals surface area contributed by atoms with Gasteiger partial charge in [0.15, 0.2) is 22.6 Å². The first-order valence-corrected chi connectivity index (χ1v) is 13.0. The fourth-order valence-corrected chi connectivity index (χ4v) is 5.07. The van der Waals surface area contributed by atoms with Crippen molar-refractivity contribution in [2.75, 3.05) is 19.5 Å². The van der Waals surface area contributed by atoms with Crippen LogP contribution in [0.5, 0.6) is 0 Å². The Hall–Kier alpha value is -1.81. The number of imidazole rings is 1. The quantitative estimate of drug-likeness (QED) is 0.411. The fourth-order valence-electron chi connectivity index (χ4n) is 4.37. The maximum absolute atomic E-state index is 13.5. The molecule has 2 aromatic rings. The Morgan fingerprint density at radius 2 is 2.09 bits per heavy atom. The third-order valence-corrected chi connectivity index (χ3v) is 7.40. The minimum Gasteiger partial charge on any atom is -0.353 e. The minimum atomic E-state index is -0.362. The number of ether oxygens (including phenoxy) is 2. The number of nitrogens with zero attached hydrogens (tertiary/aromatic N) is 4. The Balaban J connectivity index is 1.61. The summed E-state index contributed by atoms with van der Waals surface area (Å²) in [7, 11) is 1.67. The van der Waals surface area contributed by atoms with Crippen molar-refractivity contribution in [3.63, 3.8) is 0 Å². The van der Waals surface area contributed by atoms with E-state index in [9.17, 15) is 9.59 Å². The molecule has 0 N–H and O–H groups in total. The van der Waals surface area contributed by atoms with Gasteiger partial charge in [-0.25, -0.2) is 9.78 Å². The van der Waals surface area contributed by atoms with Crippen molar-refractivity contribution < 1.29 is 9.47 Å². The van der Waals surface area contributed by atoms with Gasteiger partial charge in [0.05, 0.1) is 6.61 Å². The summed E-state index contributed by atoms with van der Waals surface area (Å²) in [6.07, 6.45) is 10.1. The molecule has 8 nitrogen and oxygen atoms in total. The molecular weight excluding hydrogens is 464 g/mol. The molecule has 1 saturated heterocycles. The van der Waals surface area contributed by atoms with E-state index in [2.05, 4.69) is 11.9 Å². The van der Waals surface area contributed by atoms with Crippen LogP contribution in [0.2, 0.25) is 0 Å². The SMILES string of the molecule is CSc1nc2c(c(=O)n(CCCOC3CCCCO3)c(=O)n2C)n1CC1=CC=C(Cl)C(C)C1. The smallest absolute Gasteiger partial charge is 0.332 e. The average Bonchev–Trinajstić information content (AvgIpc) is 3.18. The molecule has 2 atom stereocenters. The van der Waals surface area contributed by atoms with Crippen molar-refractivity contribution in [3.8, 4) is 0 Å². The first kappa shape index (κ1) is 24.3. The summed E-state index contributed by atoms with van der Waals surface area (Å²) < 4.78 is 16.0. The van der Waals surface area contributed by atoms with Crippen molar-refractivity contribution >= 4 is 34.5 Å². The predicted octanol–water partition coefficient (Wildman–Crippen LogP) is 3.64. The lowest BCUT2D eigenvalue weighted by molar-refractivity contribution is -0.163. The number of halogens is 1. The van der Waals surface area contributed by atoms with Crippen LogP contribution in [-0.2, 0) is 29.6 Å². The van der Waals surface area contributed by atoms with Gasteiger partial charge in [0.25, 0.3) is 5.56 Å². The lowest BCUT2D eigenvalue weighted by Gasteiger charge is -2.22. The standard InChI is InChI=1S/C23H31ClN4O4S/c1-15-13-16(8-9-17(15)24)14-28-19-20(25-22(28)33-3)26(2)23(30)27(21(19)29)10-6-12-32-18-7-4-5-11-31-18/h8-9,15,18H,4-7,10-14H2,1-3H3. The number of rotatable bonds is 8. The summed E-state index contributed by atoms with van der Waals surface area (Å²) in [5.41, 5.74) is 1.36. The first-order valence-electron chi connectivity index (χ1n) is 11.4. The van der Waals surface area contributed by atoms with Crippen molar-refractivity contribution in [3.05, 3.63) is 43.6 Å². The van der Waals surface area contributed by atoms with Crippen LogP contribution < -0.4 is 11.2 Å². The molecule has 0 amide bonds. The Bertz CT molecular complexity index is 1190. The molecule has 2 unspecified atom stereocenters. The number of aromatic nitrogens is 4. The Morgan fingerprint density at radius 3 is 2.79 bits per heavy atom. The first-order chi connectivity index (χ1) is 15.9. The molecule has 0 radical (unpaired) electrons. The van der Waals surface area contributed by atoms with E-state index in [1.54, 1.807) is 7.05 Å². The summed E-state index contributed by atoms with van der Waals surface area (Å²) >= 11 is 7.71. The topological polar surface area (TPSA) is 80.3 Å². The molecule has 0 saturated carbocycles. The van der Waals surface area contributed by atoms with Crippen LogP contribution in [0, 0.1) is 5.92 Å². The molecule has 1 fully saturated rings. The van der Waals surface area contributed by atoms with Crippen LogP contribution in [0.25, 0.3) is 11.2 Å². The Kier molecular flexibility index (Phi) is 7.83. The molecule has 33 heavy (non-hydrogen) atoms. The Labute approximate surface area is 202 Å². The minimum absolute atomic E-state index is 0.180. The molecule has 3 heterocycles. The molecule has 180 valence electrons. The summed E-state index contributed by atoms with van der Waals surface area (Å²) in [6, 6.07) is 0. The number of hydrogen-bond donors (Lipinski definition) is 0. The van der Waals surface area contributed by atoms with Gasteiger partial charge < -0.3 is 14.0 Å². The maximum atomic E-state index is 13.5. The van der Waals surface area contributed by atoms with E-state index in [0.717, 1.165) is 37.3 Å². The van der Waals surface area contributed by atoms with E-state index in [4.69, 9.17) is 21.1 Å². The van der Waals surface area contributed by atoms with Crippen LogP contribution in [0.1, 0.15) is 39.0 Å². The van der Waals surface area contributed by atoms with Gasteiger partial charge in [-0.3, -0.25) is 13.9 Å². The molecule has 1 aliphatic carbocycles. The zero-order chi connectivity index (χ0) is 23.5. The van der Waals surface area contributed by atoms with Gasteiger partial charge in [-0.05, 0) is 55.9 Å². The zero-order valence-corrected chi connectivity index (χ0v) is 21.0. The van der Waals surface area contributed by atoms with E-state index in [0.29, 0.717) is 35.9 Å². The second kappa shape index (κ2) is 10.6. The molecule has 10 heteroatoms. The number of hydrogen-bond acceptors (Lipinski definition) is 6. The van der Waals surface area contributed by atoms with Crippen LogP contribution in [0.3, 0.4) is 0 Å². The van der Waals surface area contributed by atoms with Gasteiger partial charge in [0, 0.05) is 31.8 Å². The second-order valence-corrected chi connectivity index (χ2v) is 9.87. The molecule has 0 bridgehead atoms. The highest BCUT2D eigenvalue weighted by molar-refractivity contribution is 7.98. The molecule has 1 aliphatic heterocycles. The highest BCUT2D eigenvalue weighted by Gasteiger charge is 2.22. The van der Waals surface area contributed by atoms with Gasteiger partial charge in [0.2, 0.25) is 0 Å². The summed E-state index contributed by atoms with van der Waals surface area (Å²) in [4.78, 5) is 31.0. The normalized spacial score (nSPS) is 21.3. The molecule has 0 aromatic carbocycles. The second-order valence-electron chi connectivity index (χ2n) is 8.66. The number of fused-ring (bicyclic) bond motifs is 1. The van der Waals surface area contributed by atoms with Crippen LogP contribution in [0.15, 0.2) is 37.5 Å². The van der Waals surface area contributed by atoms with Gasteiger partial charge in [-0.15, -0.1) is 0 Å². The monoisotopic (exact) mass is 494 g/mol. The van der Waals surface area contributed by atoms with Gasteiger partial charge >= 0.3 is 5.69 Å². The molecular formula is C23H31ClN4O4S.